The molecule has 0 radical (unpaired) electrons. The lowest BCUT2D eigenvalue weighted by atomic mass is 10.0. The average Bonchev–Trinajstić information content (AvgIpc) is 3.02. The summed E-state index contributed by atoms with van der Waals surface area (Å²) in [6, 6.07) is 10.5. The second kappa shape index (κ2) is 18.1. The molecule has 262 valence electrons. The van der Waals surface area contributed by atoms with E-state index in [0.29, 0.717) is 42.3 Å². The number of sulfonamides is 1. The third kappa shape index (κ3) is 11.4. The summed E-state index contributed by atoms with van der Waals surface area (Å²) in [5.74, 6) is -0.445. The van der Waals surface area contributed by atoms with Gasteiger partial charge in [0.25, 0.3) is 5.91 Å². The normalized spacial score (nSPS) is 20.8. The standard InChI is InChI=1S/C34H51ClN4O7S/c1-24-21-39(25(2)23-40)34(42)30-20-28(36-33(41)11-9-18-37(4)5)14-17-31(30)46-26(3)10-7-8-19-45-32(24)22-38(6)47(43,44)29-15-12-27(35)13-16-29/h12-17,20,24-26,32,40H,7-11,18-19,21-23H2,1-6H3,(H,36,41)/t24-,25-,26+,32+/m1/s1. The Labute approximate surface area is 285 Å². The molecule has 3 rings (SSSR count). The smallest absolute Gasteiger partial charge is 0.258 e. The topological polar surface area (TPSA) is 129 Å². The third-order valence-electron chi connectivity index (χ3n) is 8.30. The van der Waals surface area contributed by atoms with E-state index in [-0.39, 0.29) is 54.0 Å². The van der Waals surface area contributed by atoms with Gasteiger partial charge in [0.2, 0.25) is 15.9 Å². The summed E-state index contributed by atoms with van der Waals surface area (Å²) in [4.78, 5) is 30.7. The van der Waals surface area contributed by atoms with Crippen LogP contribution in [0, 0.1) is 5.92 Å². The van der Waals surface area contributed by atoms with E-state index in [0.717, 1.165) is 19.4 Å². The van der Waals surface area contributed by atoms with Crippen LogP contribution in [0.15, 0.2) is 47.4 Å². The molecule has 2 amide bonds. The van der Waals surface area contributed by atoms with Crippen molar-refractivity contribution in [1.82, 2.24) is 14.1 Å². The first-order valence-electron chi connectivity index (χ1n) is 16.2. The minimum atomic E-state index is -3.84. The fourth-order valence-electron chi connectivity index (χ4n) is 5.38. The molecule has 2 aromatic carbocycles. The zero-order chi connectivity index (χ0) is 34.7. The Kier molecular flexibility index (Phi) is 14.9. The van der Waals surface area contributed by atoms with E-state index < -0.39 is 22.2 Å². The maximum absolute atomic E-state index is 14.3. The maximum Gasteiger partial charge on any atom is 0.258 e. The number of hydrogen-bond donors (Lipinski definition) is 2. The highest BCUT2D eigenvalue weighted by molar-refractivity contribution is 7.89. The van der Waals surface area contributed by atoms with Gasteiger partial charge in [-0.15, -0.1) is 0 Å². The average molecular weight is 695 g/mol. The molecule has 1 heterocycles. The predicted molar refractivity (Wildman–Crippen MR) is 185 cm³/mol. The molecular formula is C34H51ClN4O7S. The summed E-state index contributed by atoms with van der Waals surface area (Å²) in [6.07, 6.45) is 2.54. The van der Waals surface area contributed by atoms with Gasteiger partial charge in [-0.3, -0.25) is 9.59 Å². The van der Waals surface area contributed by atoms with Crippen LogP contribution >= 0.6 is 11.6 Å². The summed E-state index contributed by atoms with van der Waals surface area (Å²) in [6.45, 7) is 6.74. The number of rotatable bonds is 11. The van der Waals surface area contributed by atoms with Crippen LogP contribution in [-0.2, 0) is 19.6 Å². The molecule has 2 N–H and O–H groups in total. The Hall–Kier alpha value is -2.74. The first-order valence-corrected chi connectivity index (χ1v) is 18.0. The quantitative estimate of drug-likeness (QED) is 0.346. The van der Waals surface area contributed by atoms with Gasteiger partial charge < -0.3 is 29.7 Å². The zero-order valence-corrected chi connectivity index (χ0v) is 30.0. The molecular weight excluding hydrogens is 644 g/mol. The molecule has 11 nitrogen and oxygen atoms in total. The fraction of sp³-hybridized carbons (Fsp3) is 0.588. The van der Waals surface area contributed by atoms with Crippen molar-refractivity contribution in [2.45, 2.75) is 76.0 Å². The summed E-state index contributed by atoms with van der Waals surface area (Å²) in [5, 5.41) is 13.5. The van der Waals surface area contributed by atoms with Crippen molar-refractivity contribution >= 4 is 39.1 Å². The largest absolute Gasteiger partial charge is 0.490 e. The van der Waals surface area contributed by atoms with Crippen LogP contribution in [0.25, 0.3) is 0 Å². The number of aliphatic hydroxyl groups excluding tert-OH is 1. The van der Waals surface area contributed by atoms with Crippen molar-refractivity contribution in [2.24, 2.45) is 5.92 Å². The lowest BCUT2D eigenvalue weighted by Gasteiger charge is -2.35. The molecule has 0 fully saturated rings. The van der Waals surface area contributed by atoms with Crippen LogP contribution in [0.5, 0.6) is 5.75 Å². The molecule has 13 heteroatoms. The number of ether oxygens (including phenoxy) is 2. The lowest BCUT2D eigenvalue weighted by molar-refractivity contribution is -0.116. The molecule has 1 aliphatic rings. The maximum atomic E-state index is 14.3. The van der Waals surface area contributed by atoms with Crippen LogP contribution in [0.3, 0.4) is 0 Å². The van der Waals surface area contributed by atoms with Crippen LogP contribution in [0.2, 0.25) is 5.02 Å². The lowest BCUT2D eigenvalue weighted by Crippen LogP contribution is -2.48. The number of likely N-dealkylation sites (N-methyl/N-ethyl adjacent to an activating group) is 1. The summed E-state index contributed by atoms with van der Waals surface area (Å²) in [5.41, 5.74) is 0.747. The van der Waals surface area contributed by atoms with E-state index in [1.165, 1.54) is 35.6 Å². The Morgan fingerprint density at radius 1 is 1.13 bits per heavy atom. The van der Waals surface area contributed by atoms with E-state index in [4.69, 9.17) is 21.1 Å². The minimum absolute atomic E-state index is 0.0573. The van der Waals surface area contributed by atoms with Crippen molar-refractivity contribution in [3.8, 4) is 5.75 Å². The number of halogens is 1. The number of carbonyl (C=O) groups is 2. The van der Waals surface area contributed by atoms with Gasteiger partial charge >= 0.3 is 0 Å². The van der Waals surface area contributed by atoms with Gasteiger partial charge in [-0.2, -0.15) is 4.31 Å². The highest BCUT2D eigenvalue weighted by Gasteiger charge is 2.32. The van der Waals surface area contributed by atoms with Crippen molar-refractivity contribution in [3.63, 3.8) is 0 Å². The molecule has 0 spiro atoms. The van der Waals surface area contributed by atoms with Crippen molar-refractivity contribution in [1.29, 1.82) is 0 Å². The molecule has 0 bridgehead atoms. The van der Waals surface area contributed by atoms with Gasteiger partial charge in [-0.1, -0.05) is 18.5 Å². The van der Waals surface area contributed by atoms with E-state index in [2.05, 4.69) is 5.32 Å². The van der Waals surface area contributed by atoms with Crippen molar-refractivity contribution in [3.05, 3.63) is 53.1 Å². The number of amides is 2. The number of benzene rings is 2. The Bertz CT molecular complexity index is 1420. The van der Waals surface area contributed by atoms with Gasteiger partial charge in [0.15, 0.2) is 0 Å². The molecule has 0 saturated carbocycles. The molecule has 0 aliphatic carbocycles. The van der Waals surface area contributed by atoms with Gasteiger partial charge in [0, 0.05) is 49.8 Å². The number of fused-ring (bicyclic) bond motifs is 1. The monoisotopic (exact) mass is 694 g/mol. The van der Waals surface area contributed by atoms with Crippen LogP contribution < -0.4 is 10.1 Å². The second-order valence-electron chi connectivity index (χ2n) is 12.7. The third-order valence-corrected chi connectivity index (χ3v) is 10.4. The highest BCUT2D eigenvalue weighted by Crippen LogP contribution is 2.29. The Morgan fingerprint density at radius 3 is 2.49 bits per heavy atom. The van der Waals surface area contributed by atoms with Crippen molar-refractivity contribution < 1.29 is 32.6 Å². The molecule has 1 aliphatic heterocycles. The fourth-order valence-corrected chi connectivity index (χ4v) is 6.69. The van der Waals surface area contributed by atoms with Gasteiger partial charge in [0.1, 0.15) is 5.75 Å². The molecule has 0 aromatic heterocycles. The predicted octanol–water partition coefficient (Wildman–Crippen LogP) is 4.74. The first kappa shape index (κ1) is 38.7. The van der Waals surface area contributed by atoms with Gasteiger partial charge in [-0.25, -0.2) is 8.42 Å². The minimum Gasteiger partial charge on any atom is -0.490 e. The van der Waals surface area contributed by atoms with Crippen LogP contribution in [0.4, 0.5) is 5.69 Å². The summed E-state index contributed by atoms with van der Waals surface area (Å²) in [7, 11) is 1.58. The van der Waals surface area contributed by atoms with Gasteiger partial charge in [-0.05, 0) is 103 Å². The Morgan fingerprint density at radius 2 is 1.83 bits per heavy atom. The number of nitrogens with one attached hydrogen (secondary N) is 1. The van der Waals surface area contributed by atoms with Crippen molar-refractivity contribution in [2.75, 3.05) is 59.3 Å². The molecule has 2 aromatic rings. The number of carbonyl (C=O) groups excluding carboxylic acids is 2. The van der Waals surface area contributed by atoms with Crippen LogP contribution in [-0.4, -0.2) is 112 Å². The number of anilines is 1. The summed E-state index contributed by atoms with van der Waals surface area (Å²) < 4.78 is 40.7. The highest BCUT2D eigenvalue weighted by atomic mass is 35.5. The summed E-state index contributed by atoms with van der Waals surface area (Å²) >= 11 is 5.98. The zero-order valence-electron chi connectivity index (χ0n) is 28.4. The number of aliphatic hydroxyl groups is 1. The first-order chi connectivity index (χ1) is 22.2. The molecule has 0 unspecified atom stereocenters. The van der Waals surface area contributed by atoms with E-state index >= 15 is 0 Å². The SMILES string of the molecule is C[C@@H]1CN([C@H](C)CO)C(=O)c2cc(NC(=O)CCCN(C)C)ccc2O[C@@H](C)CCCCO[C@H]1CN(C)S(=O)(=O)c1ccc(Cl)cc1. The number of hydrogen-bond acceptors (Lipinski definition) is 8. The van der Waals surface area contributed by atoms with E-state index in [1.54, 1.807) is 30.0 Å². The van der Waals surface area contributed by atoms with Gasteiger partial charge in [0.05, 0.1) is 35.3 Å². The Balaban J connectivity index is 1.92. The van der Waals surface area contributed by atoms with Crippen LogP contribution in [0.1, 0.15) is 63.2 Å². The second-order valence-corrected chi connectivity index (χ2v) is 15.2. The number of nitrogens with zero attached hydrogens (tertiary/aromatic N) is 3. The van der Waals surface area contributed by atoms with E-state index in [9.17, 15) is 23.1 Å². The molecule has 4 atom stereocenters. The van der Waals surface area contributed by atoms with E-state index in [1.807, 2.05) is 32.8 Å². The molecule has 47 heavy (non-hydrogen) atoms. The molecule has 0 saturated heterocycles.